The van der Waals surface area contributed by atoms with Gasteiger partial charge in [0.2, 0.25) is 0 Å². The fraction of sp³-hybridized carbons (Fsp3) is 0.200. The lowest BCUT2D eigenvalue weighted by Gasteiger charge is -2.31. The van der Waals surface area contributed by atoms with Gasteiger partial charge >= 0.3 is 0 Å². The van der Waals surface area contributed by atoms with Crippen LogP contribution in [0.2, 0.25) is 0 Å². The Balaban J connectivity index is 1.96. The highest BCUT2D eigenvalue weighted by molar-refractivity contribution is 6.00. The molecule has 1 aromatic carbocycles. The predicted octanol–water partition coefficient (Wildman–Crippen LogP) is 1.74. The van der Waals surface area contributed by atoms with Crippen molar-refractivity contribution in [1.29, 1.82) is 0 Å². The van der Waals surface area contributed by atoms with E-state index in [-0.39, 0.29) is 5.84 Å². The summed E-state index contributed by atoms with van der Waals surface area (Å²) in [5.41, 5.74) is 9.83. The number of oxime groups is 1. The highest BCUT2D eigenvalue weighted by atomic mass is 16.4. The van der Waals surface area contributed by atoms with E-state index in [2.05, 4.69) is 39.3 Å². The first kappa shape index (κ1) is 12.5. The van der Waals surface area contributed by atoms with Gasteiger partial charge < -0.3 is 15.8 Å². The summed E-state index contributed by atoms with van der Waals surface area (Å²) in [4.78, 5) is 6.43. The summed E-state index contributed by atoms with van der Waals surface area (Å²) < 4.78 is 0. The van der Waals surface area contributed by atoms with Crippen molar-refractivity contribution >= 4 is 11.5 Å². The molecule has 2 aromatic rings. The third-order valence-electron chi connectivity index (χ3n) is 3.61. The minimum Gasteiger partial charge on any atom is -0.409 e. The number of rotatable bonds is 2. The first-order valence-corrected chi connectivity index (χ1v) is 6.54. The van der Waals surface area contributed by atoms with E-state index in [4.69, 9.17) is 10.9 Å². The fourth-order valence-electron chi connectivity index (χ4n) is 2.60. The molecule has 0 spiro atoms. The van der Waals surface area contributed by atoms with Gasteiger partial charge in [0.15, 0.2) is 5.84 Å². The van der Waals surface area contributed by atoms with Gasteiger partial charge in [0, 0.05) is 19.3 Å². The molecule has 3 rings (SSSR count). The van der Waals surface area contributed by atoms with E-state index in [0.717, 1.165) is 25.2 Å². The largest absolute Gasteiger partial charge is 0.409 e. The van der Waals surface area contributed by atoms with Crippen LogP contribution >= 0.6 is 0 Å². The van der Waals surface area contributed by atoms with E-state index in [1.54, 1.807) is 6.20 Å². The smallest absolute Gasteiger partial charge is 0.190 e. The van der Waals surface area contributed by atoms with E-state index < -0.39 is 0 Å². The molecule has 2 heterocycles. The van der Waals surface area contributed by atoms with Crippen LogP contribution in [-0.4, -0.2) is 22.6 Å². The van der Waals surface area contributed by atoms with Gasteiger partial charge in [0.05, 0.1) is 5.69 Å². The number of benzene rings is 1. The Morgan fingerprint density at radius 2 is 2.00 bits per heavy atom. The molecule has 0 fully saturated rings. The molecule has 5 nitrogen and oxygen atoms in total. The molecule has 0 atom stereocenters. The number of anilines is 1. The zero-order chi connectivity index (χ0) is 13.9. The lowest BCUT2D eigenvalue weighted by Crippen LogP contribution is -2.32. The minimum absolute atomic E-state index is 0.0412. The Morgan fingerprint density at radius 1 is 1.20 bits per heavy atom. The molecule has 102 valence electrons. The average molecular weight is 268 g/mol. The molecular weight excluding hydrogens is 252 g/mol. The average Bonchev–Trinajstić information content (AvgIpc) is 2.53. The monoisotopic (exact) mass is 268 g/mol. The number of nitrogens with two attached hydrogens (primary N) is 1. The molecule has 1 aromatic heterocycles. The molecule has 0 aliphatic carbocycles. The summed E-state index contributed by atoms with van der Waals surface area (Å²) in [6.07, 6.45) is 2.63. The summed E-state index contributed by atoms with van der Waals surface area (Å²) >= 11 is 0. The van der Waals surface area contributed by atoms with Crippen LogP contribution in [0.3, 0.4) is 0 Å². The maximum atomic E-state index is 8.87. The Morgan fingerprint density at radius 3 is 2.80 bits per heavy atom. The van der Waals surface area contributed by atoms with Crippen LogP contribution in [0.5, 0.6) is 0 Å². The standard InChI is InChI=1S/C15H16N4O/c16-15(18-20)14-13(6-3-8-17-14)19-9-7-11-4-1-2-5-12(11)10-19/h1-6,8,20H,7,9-10H2,(H2,16,18). The Hall–Kier alpha value is -2.56. The molecule has 0 saturated carbocycles. The van der Waals surface area contributed by atoms with Crippen molar-refractivity contribution in [2.75, 3.05) is 11.4 Å². The van der Waals surface area contributed by atoms with Crippen molar-refractivity contribution in [3.63, 3.8) is 0 Å². The molecule has 1 aliphatic rings. The molecule has 0 bridgehead atoms. The second-order valence-corrected chi connectivity index (χ2v) is 4.80. The number of amidine groups is 1. The van der Waals surface area contributed by atoms with E-state index in [1.165, 1.54) is 11.1 Å². The minimum atomic E-state index is 0.0412. The Kier molecular flexibility index (Phi) is 3.25. The first-order chi connectivity index (χ1) is 9.79. The predicted molar refractivity (Wildman–Crippen MR) is 77.9 cm³/mol. The van der Waals surface area contributed by atoms with Crippen molar-refractivity contribution < 1.29 is 5.21 Å². The van der Waals surface area contributed by atoms with Gasteiger partial charge in [-0.25, -0.2) is 0 Å². The van der Waals surface area contributed by atoms with Crippen molar-refractivity contribution in [2.24, 2.45) is 10.9 Å². The molecule has 0 amide bonds. The topological polar surface area (TPSA) is 74.7 Å². The van der Waals surface area contributed by atoms with Crippen LogP contribution in [0.15, 0.2) is 47.8 Å². The number of aromatic nitrogens is 1. The number of hydrogen-bond donors (Lipinski definition) is 2. The summed E-state index contributed by atoms with van der Waals surface area (Å²) in [5.74, 6) is 0.0412. The number of hydrogen-bond acceptors (Lipinski definition) is 4. The number of pyridine rings is 1. The molecular formula is C15H16N4O. The van der Waals surface area contributed by atoms with Crippen LogP contribution < -0.4 is 10.6 Å². The number of nitrogens with zero attached hydrogens (tertiary/aromatic N) is 3. The zero-order valence-electron chi connectivity index (χ0n) is 11.0. The van der Waals surface area contributed by atoms with Gasteiger partial charge in [-0.3, -0.25) is 4.98 Å². The zero-order valence-corrected chi connectivity index (χ0v) is 11.0. The molecule has 1 aliphatic heterocycles. The third kappa shape index (κ3) is 2.18. The normalized spacial score (nSPS) is 15.0. The lowest BCUT2D eigenvalue weighted by atomic mass is 9.99. The quantitative estimate of drug-likeness (QED) is 0.376. The van der Waals surface area contributed by atoms with Gasteiger partial charge in [-0.2, -0.15) is 0 Å². The summed E-state index contributed by atoms with van der Waals surface area (Å²) in [6.45, 7) is 1.71. The molecule has 0 saturated heterocycles. The molecule has 0 unspecified atom stereocenters. The van der Waals surface area contributed by atoms with Crippen LogP contribution in [0.25, 0.3) is 0 Å². The maximum absolute atomic E-state index is 8.87. The van der Waals surface area contributed by atoms with Crippen molar-refractivity contribution in [3.05, 3.63) is 59.4 Å². The van der Waals surface area contributed by atoms with Crippen LogP contribution in [0, 0.1) is 0 Å². The highest BCUT2D eigenvalue weighted by Crippen LogP contribution is 2.26. The van der Waals surface area contributed by atoms with Crippen molar-refractivity contribution in [3.8, 4) is 0 Å². The molecule has 3 N–H and O–H groups in total. The van der Waals surface area contributed by atoms with Gasteiger partial charge in [0.25, 0.3) is 0 Å². The molecule has 0 radical (unpaired) electrons. The Bertz CT molecular complexity index is 654. The molecule has 20 heavy (non-hydrogen) atoms. The summed E-state index contributed by atoms with van der Waals surface area (Å²) in [6, 6.07) is 12.2. The van der Waals surface area contributed by atoms with Gasteiger partial charge in [-0.15, -0.1) is 0 Å². The second kappa shape index (κ2) is 5.21. The van der Waals surface area contributed by atoms with Gasteiger partial charge in [-0.05, 0) is 29.7 Å². The van der Waals surface area contributed by atoms with E-state index >= 15 is 0 Å². The van der Waals surface area contributed by atoms with Crippen LogP contribution in [-0.2, 0) is 13.0 Å². The summed E-state index contributed by atoms with van der Waals surface area (Å²) in [7, 11) is 0. The van der Waals surface area contributed by atoms with E-state index in [9.17, 15) is 0 Å². The second-order valence-electron chi connectivity index (χ2n) is 4.80. The lowest BCUT2D eigenvalue weighted by molar-refractivity contribution is 0.318. The first-order valence-electron chi connectivity index (χ1n) is 6.54. The van der Waals surface area contributed by atoms with Crippen LogP contribution in [0.1, 0.15) is 16.8 Å². The maximum Gasteiger partial charge on any atom is 0.190 e. The SMILES string of the molecule is N/C(=N/O)c1ncccc1N1CCc2ccccc2C1. The fourth-order valence-corrected chi connectivity index (χ4v) is 2.60. The third-order valence-corrected chi connectivity index (χ3v) is 3.61. The van der Waals surface area contributed by atoms with Crippen molar-refractivity contribution in [2.45, 2.75) is 13.0 Å². The number of fused-ring (bicyclic) bond motifs is 1. The van der Waals surface area contributed by atoms with Gasteiger partial charge in [-0.1, -0.05) is 29.4 Å². The highest BCUT2D eigenvalue weighted by Gasteiger charge is 2.20. The molecule has 5 heteroatoms. The summed E-state index contributed by atoms with van der Waals surface area (Å²) in [5, 5.41) is 11.9. The van der Waals surface area contributed by atoms with Crippen molar-refractivity contribution in [1.82, 2.24) is 4.98 Å². The van der Waals surface area contributed by atoms with E-state index in [1.807, 2.05) is 12.1 Å². The van der Waals surface area contributed by atoms with E-state index in [0.29, 0.717) is 5.69 Å². The van der Waals surface area contributed by atoms with Crippen LogP contribution in [0.4, 0.5) is 5.69 Å². The Labute approximate surface area is 117 Å². The van der Waals surface area contributed by atoms with Gasteiger partial charge in [0.1, 0.15) is 5.69 Å².